The number of hydrogen-bond acceptors (Lipinski definition) is 3. The average Bonchev–Trinajstić information content (AvgIpc) is 2.63. The van der Waals surface area contributed by atoms with Gasteiger partial charge in [-0.15, -0.1) is 24.8 Å². The minimum absolute atomic E-state index is 0. The lowest BCUT2D eigenvalue weighted by molar-refractivity contribution is -0.139. The summed E-state index contributed by atoms with van der Waals surface area (Å²) in [5, 5.41) is 8.94. The number of rotatable bonds is 5. The Hall–Kier alpha value is -1.84. The fourth-order valence-electron chi connectivity index (χ4n) is 3.51. The lowest BCUT2D eigenvalue weighted by atomic mass is 9.95. The van der Waals surface area contributed by atoms with Crippen LogP contribution in [0.2, 0.25) is 0 Å². The maximum Gasteiger partial charge on any atom is 0.416 e. The van der Waals surface area contributed by atoms with Crippen molar-refractivity contribution in [1.29, 1.82) is 0 Å². The summed E-state index contributed by atoms with van der Waals surface area (Å²) in [5.74, 6) is -0.874. The molecule has 0 amide bonds. The van der Waals surface area contributed by atoms with Crippen molar-refractivity contribution < 1.29 is 28.5 Å². The number of piperazine rings is 1. The smallest absolute Gasteiger partial charge is 0.416 e. The zero-order valence-corrected chi connectivity index (χ0v) is 17.6. The standard InChI is InChI=1S/C20H21F3N2O2.2ClH.H2O/c21-20(22,23)17-8-4-7-16(13-17)19(15-5-2-1-3-6-15)25-11-9-24(10-12-25)14-18(26)27;;;/h1-8,13,19H,9-12,14H2,(H,26,27);2*1H;1H2/t19-;;;/m1.../s1. The van der Waals surface area contributed by atoms with Gasteiger partial charge in [0.2, 0.25) is 0 Å². The molecule has 0 spiro atoms. The normalized spacial score (nSPS) is 15.8. The van der Waals surface area contributed by atoms with E-state index < -0.39 is 17.7 Å². The molecule has 1 aliphatic rings. The Balaban J connectivity index is 0.00000280. The zero-order valence-electron chi connectivity index (χ0n) is 16.0. The lowest BCUT2D eigenvalue weighted by Gasteiger charge is -2.39. The van der Waals surface area contributed by atoms with Gasteiger partial charge in [0.1, 0.15) is 0 Å². The molecular formula is C20H25Cl2F3N2O3. The molecule has 2 aromatic rings. The first kappa shape index (κ1) is 28.2. The van der Waals surface area contributed by atoms with E-state index in [1.54, 1.807) is 6.07 Å². The van der Waals surface area contributed by atoms with Gasteiger partial charge in [-0.3, -0.25) is 14.6 Å². The second kappa shape index (κ2) is 12.1. The van der Waals surface area contributed by atoms with Crippen molar-refractivity contribution in [3.8, 4) is 0 Å². The molecule has 30 heavy (non-hydrogen) atoms. The largest absolute Gasteiger partial charge is 0.480 e. The summed E-state index contributed by atoms with van der Waals surface area (Å²) in [5.41, 5.74) is 0.844. The first-order valence-corrected chi connectivity index (χ1v) is 8.75. The third-order valence-corrected chi connectivity index (χ3v) is 4.78. The van der Waals surface area contributed by atoms with E-state index in [0.29, 0.717) is 31.7 Å². The number of carboxylic acid groups (broad SMARTS) is 1. The summed E-state index contributed by atoms with van der Waals surface area (Å²) in [4.78, 5) is 14.9. The van der Waals surface area contributed by atoms with Crippen LogP contribution in [0.4, 0.5) is 13.2 Å². The molecule has 1 atom stereocenters. The quantitative estimate of drug-likeness (QED) is 0.728. The Bertz CT molecular complexity index is 786. The van der Waals surface area contributed by atoms with Crippen molar-refractivity contribution in [2.24, 2.45) is 0 Å². The number of aliphatic carboxylic acids is 1. The van der Waals surface area contributed by atoms with Crippen molar-refractivity contribution in [1.82, 2.24) is 9.80 Å². The van der Waals surface area contributed by atoms with Gasteiger partial charge < -0.3 is 10.6 Å². The summed E-state index contributed by atoms with van der Waals surface area (Å²) in [6, 6.07) is 14.6. The van der Waals surface area contributed by atoms with E-state index in [9.17, 15) is 18.0 Å². The van der Waals surface area contributed by atoms with Crippen LogP contribution in [0.3, 0.4) is 0 Å². The summed E-state index contributed by atoms with van der Waals surface area (Å²) in [6.45, 7) is 2.28. The fourth-order valence-corrected chi connectivity index (χ4v) is 3.51. The van der Waals surface area contributed by atoms with Crippen molar-refractivity contribution in [2.45, 2.75) is 12.2 Å². The van der Waals surface area contributed by atoms with E-state index in [4.69, 9.17) is 5.11 Å². The highest BCUT2D eigenvalue weighted by molar-refractivity contribution is 5.85. The highest BCUT2D eigenvalue weighted by Crippen LogP contribution is 2.34. The van der Waals surface area contributed by atoms with Crippen LogP contribution in [-0.4, -0.2) is 59.1 Å². The maximum atomic E-state index is 13.2. The topological polar surface area (TPSA) is 75.3 Å². The van der Waals surface area contributed by atoms with Crippen LogP contribution in [-0.2, 0) is 11.0 Å². The molecule has 2 aromatic carbocycles. The van der Waals surface area contributed by atoms with Gasteiger partial charge in [0, 0.05) is 26.2 Å². The second-order valence-corrected chi connectivity index (χ2v) is 6.64. The van der Waals surface area contributed by atoms with Crippen molar-refractivity contribution in [2.75, 3.05) is 32.7 Å². The van der Waals surface area contributed by atoms with Gasteiger partial charge in [-0.2, -0.15) is 13.2 Å². The molecule has 0 radical (unpaired) electrons. The van der Waals surface area contributed by atoms with Crippen molar-refractivity contribution in [3.05, 3.63) is 71.3 Å². The molecule has 0 unspecified atom stereocenters. The molecule has 3 rings (SSSR count). The molecule has 0 bridgehead atoms. The molecule has 0 aromatic heterocycles. The van der Waals surface area contributed by atoms with Gasteiger partial charge in [-0.05, 0) is 23.3 Å². The van der Waals surface area contributed by atoms with E-state index >= 15 is 0 Å². The van der Waals surface area contributed by atoms with Crippen LogP contribution in [0.25, 0.3) is 0 Å². The van der Waals surface area contributed by atoms with E-state index in [0.717, 1.165) is 11.6 Å². The van der Waals surface area contributed by atoms with Gasteiger partial charge in [-0.25, -0.2) is 0 Å². The van der Waals surface area contributed by atoms with Crippen LogP contribution < -0.4 is 0 Å². The Morgan fingerprint density at radius 3 is 2.03 bits per heavy atom. The fraction of sp³-hybridized carbons (Fsp3) is 0.350. The number of benzene rings is 2. The van der Waals surface area contributed by atoms with E-state index in [1.165, 1.54) is 12.1 Å². The van der Waals surface area contributed by atoms with E-state index in [2.05, 4.69) is 4.90 Å². The molecule has 1 heterocycles. The monoisotopic (exact) mass is 468 g/mol. The van der Waals surface area contributed by atoms with Crippen molar-refractivity contribution >= 4 is 30.8 Å². The van der Waals surface area contributed by atoms with Gasteiger partial charge in [0.25, 0.3) is 0 Å². The van der Waals surface area contributed by atoms with E-state index in [1.807, 2.05) is 35.2 Å². The molecule has 1 fully saturated rings. The minimum atomic E-state index is -4.39. The molecule has 0 aliphatic carbocycles. The molecule has 10 heteroatoms. The van der Waals surface area contributed by atoms with Gasteiger partial charge >= 0.3 is 12.1 Å². The van der Waals surface area contributed by atoms with Crippen LogP contribution in [0.1, 0.15) is 22.7 Å². The molecule has 1 saturated heterocycles. The molecular weight excluding hydrogens is 444 g/mol. The number of alkyl halides is 3. The Morgan fingerprint density at radius 1 is 0.933 bits per heavy atom. The Kier molecular flexibility index (Phi) is 11.4. The number of hydrogen-bond donors (Lipinski definition) is 1. The molecule has 168 valence electrons. The van der Waals surface area contributed by atoms with Crippen LogP contribution in [0.15, 0.2) is 54.6 Å². The first-order valence-electron chi connectivity index (χ1n) is 8.75. The first-order chi connectivity index (χ1) is 12.8. The van der Waals surface area contributed by atoms with Gasteiger partial charge in [0.05, 0.1) is 18.2 Å². The maximum absolute atomic E-state index is 13.2. The summed E-state index contributed by atoms with van der Waals surface area (Å²) in [6.07, 6.45) is -4.39. The Morgan fingerprint density at radius 2 is 1.50 bits per heavy atom. The lowest BCUT2D eigenvalue weighted by Crippen LogP contribution is -2.49. The minimum Gasteiger partial charge on any atom is -0.480 e. The van der Waals surface area contributed by atoms with Crippen molar-refractivity contribution in [3.63, 3.8) is 0 Å². The number of nitrogens with zero attached hydrogens (tertiary/aromatic N) is 2. The van der Waals surface area contributed by atoms with Gasteiger partial charge in [0.15, 0.2) is 0 Å². The molecule has 3 N–H and O–H groups in total. The number of halogens is 5. The predicted molar refractivity (Wildman–Crippen MR) is 113 cm³/mol. The zero-order chi connectivity index (χ0) is 19.4. The molecule has 0 saturated carbocycles. The SMILES string of the molecule is Cl.Cl.O.O=C(O)CN1CCN([C@H](c2ccccc2)c2cccc(C(F)(F)F)c2)CC1. The Labute approximate surface area is 185 Å². The van der Waals surface area contributed by atoms with Crippen LogP contribution in [0.5, 0.6) is 0 Å². The molecule has 5 nitrogen and oxygen atoms in total. The summed E-state index contributed by atoms with van der Waals surface area (Å²) >= 11 is 0. The van der Waals surface area contributed by atoms with E-state index in [-0.39, 0.29) is 42.9 Å². The number of carbonyl (C=O) groups is 1. The highest BCUT2D eigenvalue weighted by Gasteiger charge is 2.32. The molecule has 1 aliphatic heterocycles. The third kappa shape index (κ3) is 7.14. The summed E-state index contributed by atoms with van der Waals surface area (Å²) in [7, 11) is 0. The number of carboxylic acids is 1. The second-order valence-electron chi connectivity index (χ2n) is 6.64. The third-order valence-electron chi connectivity index (χ3n) is 4.78. The average molecular weight is 469 g/mol. The summed E-state index contributed by atoms with van der Waals surface area (Å²) < 4.78 is 39.5. The van der Waals surface area contributed by atoms with Crippen LogP contribution >= 0.6 is 24.8 Å². The highest BCUT2D eigenvalue weighted by atomic mass is 35.5. The predicted octanol–water partition coefficient (Wildman–Crippen LogP) is 3.52. The van der Waals surface area contributed by atoms with Gasteiger partial charge in [-0.1, -0.05) is 42.5 Å². The van der Waals surface area contributed by atoms with Crippen LogP contribution in [0, 0.1) is 0 Å².